The number of thiol groups is 1. The maximum Gasteiger partial charge on any atom is 0.150 e. The number of carbonyl (C=O) groups excluding carboxylic acids is 1. The molecule has 0 amide bonds. The number of aldehydes is 1. The Hall–Kier alpha value is -0.730. The van der Waals surface area contributed by atoms with Crippen LogP contribution in [0.5, 0.6) is 0 Å². The first-order valence-electron chi connectivity index (χ1n) is 5.69. The number of nitriles is 1. The molecule has 3 unspecified atom stereocenters. The first-order chi connectivity index (χ1) is 8.92. The van der Waals surface area contributed by atoms with E-state index in [2.05, 4.69) is 18.7 Å². The number of likely N-dealkylation sites (tertiary alicyclic amines) is 1. The summed E-state index contributed by atoms with van der Waals surface area (Å²) in [6.07, 6.45) is 1.16. The summed E-state index contributed by atoms with van der Waals surface area (Å²) in [6.45, 7) is 0. The standard InChI is InChI=1S/C13H12Cl2N2OS/c1-17-12(8-2-3-10(14)11(15)4-8)9(6-16)5-13(17,19)7-18/h2-4,7,9,12,19H,5H2,1H3. The van der Waals surface area contributed by atoms with Gasteiger partial charge >= 0.3 is 0 Å². The fourth-order valence-electron chi connectivity index (χ4n) is 2.49. The van der Waals surface area contributed by atoms with Crippen LogP contribution in [0.4, 0.5) is 0 Å². The van der Waals surface area contributed by atoms with Crippen LogP contribution in [0.1, 0.15) is 18.0 Å². The van der Waals surface area contributed by atoms with E-state index in [0.717, 1.165) is 11.8 Å². The van der Waals surface area contributed by atoms with E-state index >= 15 is 0 Å². The molecule has 0 aliphatic carbocycles. The third kappa shape index (κ3) is 2.48. The Morgan fingerprint density at radius 1 is 1.53 bits per heavy atom. The molecular formula is C13H12Cl2N2OS. The molecule has 2 rings (SSSR count). The van der Waals surface area contributed by atoms with Gasteiger partial charge in [-0.3, -0.25) is 4.90 Å². The van der Waals surface area contributed by atoms with Crippen LogP contribution in [0.25, 0.3) is 0 Å². The Kier molecular flexibility index (Phi) is 4.12. The average molecular weight is 315 g/mol. The Labute approximate surface area is 127 Å². The number of rotatable bonds is 2. The second-order valence-electron chi connectivity index (χ2n) is 4.67. The fraction of sp³-hybridized carbons (Fsp3) is 0.385. The second-order valence-corrected chi connectivity index (χ2v) is 6.25. The van der Waals surface area contributed by atoms with Gasteiger partial charge in [-0.15, -0.1) is 12.6 Å². The third-order valence-electron chi connectivity index (χ3n) is 3.57. The van der Waals surface area contributed by atoms with Crippen LogP contribution in [-0.4, -0.2) is 23.1 Å². The van der Waals surface area contributed by atoms with Gasteiger partial charge in [0.15, 0.2) is 0 Å². The lowest BCUT2D eigenvalue weighted by Crippen LogP contribution is -2.38. The first-order valence-corrected chi connectivity index (χ1v) is 6.89. The number of halogens is 2. The van der Waals surface area contributed by atoms with Gasteiger partial charge in [-0.2, -0.15) is 5.26 Å². The minimum atomic E-state index is -0.919. The van der Waals surface area contributed by atoms with E-state index in [0.29, 0.717) is 16.5 Å². The summed E-state index contributed by atoms with van der Waals surface area (Å²) in [6, 6.07) is 7.28. The van der Waals surface area contributed by atoms with Crippen molar-refractivity contribution in [2.75, 3.05) is 7.05 Å². The van der Waals surface area contributed by atoms with Crippen LogP contribution in [0, 0.1) is 17.2 Å². The maximum absolute atomic E-state index is 11.2. The zero-order chi connectivity index (χ0) is 14.2. The number of hydrogen-bond acceptors (Lipinski definition) is 4. The monoisotopic (exact) mass is 314 g/mol. The second kappa shape index (κ2) is 5.34. The van der Waals surface area contributed by atoms with Gasteiger partial charge in [-0.05, 0) is 31.2 Å². The molecule has 1 aromatic rings. The number of likely N-dealkylation sites (N-methyl/N-ethyl adjacent to an activating group) is 1. The zero-order valence-electron chi connectivity index (χ0n) is 10.2. The number of carbonyl (C=O) groups is 1. The van der Waals surface area contributed by atoms with Gasteiger partial charge < -0.3 is 4.79 Å². The van der Waals surface area contributed by atoms with Gasteiger partial charge in [0.2, 0.25) is 0 Å². The normalized spacial score (nSPS) is 31.1. The van der Waals surface area contributed by atoms with Gasteiger partial charge in [-0.1, -0.05) is 29.3 Å². The molecule has 1 fully saturated rings. The van der Waals surface area contributed by atoms with Crippen LogP contribution in [0.15, 0.2) is 18.2 Å². The molecule has 3 nitrogen and oxygen atoms in total. The highest BCUT2D eigenvalue weighted by Gasteiger charge is 2.48. The summed E-state index contributed by atoms with van der Waals surface area (Å²) in [4.78, 5) is 12.1. The van der Waals surface area contributed by atoms with E-state index in [9.17, 15) is 10.1 Å². The van der Waals surface area contributed by atoms with Crippen molar-refractivity contribution < 1.29 is 4.79 Å². The van der Waals surface area contributed by atoms with Crippen LogP contribution in [0.3, 0.4) is 0 Å². The van der Waals surface area contributed by atoms with Crippen LogP contribution in [0.2, 0.25) is 10.0 Å². The largest absolute Gasteiger partial charge is 0.300 e. The van der Waals surface area contributed by atoms with Crippen LogP contribution in [-0.2, 0) is 4.79 Å². The molecule has 19 heavy (non-hydrogen) atoms. The maximum atomic E-state index is 11.2. The molecule has 0 saturated carbocycles. The number of nitrogens with zero attached hydrogens (tertiary/aromatic N) is 2. The SMILES string of the molecule is CN1C(c2ccc(Cl)c(Cl)c2)C(C#N)CC1(S)C=O. The lowest BCUT2D eigenvalue weighted by Gasteiger charge is -2.30. The summed E-state index contributed by atoms with van der Waals surface area (Å²) in [7, 11) is 1.78. The van der Waals surface area contributed by atoms with Crippen molar-refractivity contribution in [1.29, 1.82) is 5.26 Å². The molecule has 0 bridgehead atoms. The molecule has 6 heteroatoms. The number of hydrogen-bond donors (Lipinski definition) is 1. The summed E-state index contributed by atoms with van der Waals surface area (Å²) >= 11 is 16.3. The van der Waals surface area contributed by atoms with E-state index in [-0.39, 0.29) is 12.0 Å². The topological polar surface area (TPSA) is 44.1 Å². The smallest absolute Gasteiger partial charge is 0.150 e. The first kappa shape index (κ1) is 14.7. The van der Waals surface area contributed by atoms with Crippen molar-refractivity contribution in [3.63, 3.8) is 0 Å². The molecular weight excluding hydrogens is 303 g/mol. The fourth-order valence-corrected chi connectivity index (χ4v) is 3.12. The molecule has 1 aliphatic heterocycles. The average Bonchev–Trinajstić information content (AvgIpc) is 2.66. The van der Waals surface area contributed by atoms with Crippen molar-refractivity contribution in [2.45, 2.75) is 17.3 Å². The Morgan fingerprint density at radius 2 is 2.21 bits per heavy atom. The van der Waals surface area contributed by atoms with Crippen LogP contribution < -0.4 is 0 Å². The van der Waals surface area contributed by atoms with E-state index in [1.54, 1.807) is 24.1 Å². The van der Waals surface area contributed by atoms with E-state index in [1.165, 1.54) is 0 Å². The summed E-state index contributed by atoms with van der Waals surface area (Å²) in [5.74, 6) is -0.315. The van der Waals surface area contributed by atoms with Crippen molar-refractivity contribution in [2.24, 2.45) is 5.92 Å². The third-order valence-corrected chi connectivity index (χ3v) is 4.91. The molecule has 1 aliphatic rings. The molecule has 3 atom stereocenters. The lowest BCUT2D eigenvalue weighted by atomic mass is 9.94. The van der Waals surface area contributed by atoms with Gasteiger partial charge in [-0.25, -0.2) is 0 Å². The molecule has 1 heterocycles. The van der Waals surface area contributed by atoms with Crippen molar-refractivity contribution in [3.05, 3.63) is 33.8 Å². The van der Waals surface area contributed by atoms with Crippen molar-refractivity contribution in [3.8, 4) is 6.07 Å². The molecule has 0 spiro atoms. The number of benzene rings is 1. The highest BCUT2D eigenvalue weighted by Crippen LogP contribution is 2.47. The van der Waals surface area contributed by atoms with Gasteiger partial charge in [0.1, 0.15) is 11.2 Å². The molecule has 1 aromatic carbocycles. The highest BCUT2D eigenvalue weighted by molar-refractivity contribution is 7.82. The highest BCUT2D eigenvalue weighted by atomic mass is 35.5. The molecule has 0 N–H and O–H groups in total. The minimum absolute atomic E-state index is 0.220. The summed E-state index contributed by atoms with van der Waals surface area (Å²) in [5.41, 5.74) is 0.862. The van der Waals surface area contributed by atoms with E-state index < -0.39 is 4.87 Å². The Morgan fingerprint density at radius 3 is 2.74 bits per heavy atom. The van der Waals surface area contributed by atoms with E-state index in [4.69, 9.17) is 23.2 Å². The minimum Gasteiger partial charge on any atom is -0.300 e. The molecule has 0 radical (unpaired) electrons. The van der Waals surface area contributed by atoms with Gasteiger partial charge in [0, 0.05) is 0 Å². The molecule has 100 valence electrons. The predicted octanol–water partition coefficient (Wildman–Crippen LogP) is 3.33. The summed E-state index contributed by atoms with van der Waals surface area (Å²) < 4.78 is 0. The summed E-state index contributed by atoms with van der Waals surface area (Å²) in [5, 5.41) is 10.2. The van der Waals surface area contributed by atoms with Crippen LogP contribution >= 0.6 is 35.8 Å². The Balaban J connectivity index is 2.45. The zero-order valence-corrected chi connectivity index (χ0v) is 12.6. The Bertz CT molecular complexity index is 560. The van der Waals surface area contributed by atoms with Crippen molar-refractivity contribution >= 4 is 42.1 Å². The van der Waals surface area contributed by atoms with Crippen molar-refractivity contribution in [1.82, 2.24) is 4.90 Å². The van der Waals surface area contributed by atoms with Gasteiger partial charge in [0.05, 0.1) is 28.1 Å². The van der Waals surface area contributed by atoms with E-state index in [1.807, 2.05) is 6.07 Å². The quantitative estimate of drug-likeness (QED) is 0.672. The predicted molar refractivity (Wildman–Crippen MR) is 78.5 cm³/mol. The molecule has 0 aromatic heterocycles. The molecule has 1 saturated heterocycles. The van der Waals surface area contributed by atoms with Gasteiger partial charge in [0.25, 0.3) is 0 Å². The lowest BCUT2D eigenvalue weighted by molar-refractivity contribution is -0.112.